The van der Waals surface area contributed by atoms with Gasteiger partial charge >= 0.3 is 0 Å². The number of pyridine rings is 1. The van der Waals surface area contributed by atoms with Gasteiger partial charge in [-0.05, 0) is 55.7 Å². The molecule has 0 unspecified atom stereocenters. The van der Waals surface area contributed by atoms with Gasteiger partial charge in [0, 0.05) is 39.1 Å². The number of aromatic nitrogens is 3. The Balaban J connectivity index is 1.73. The SMILES string of the molecule is CC(C)CCNC(=O)c1nc(C(=O)N(C)CCc2ccncc2)c2n1CCCC2. The van der Waals surface area contributed by atoms with Crippen LogP contribution in [-0.2, 0) is 19.4 Å². The standard InChI is InChI=1S/C22H31N5O2/c1-16(2)7-13-24-21(28)20-25-19(18-6-4-5-14-27(18)20)22(29)26(3)15-10-17-8-11-23-12-9-17/h8-9,11-12,16H,4-7,10,13-15H2,1-3H3,(H,24,28). The van der Waals surface area contributed by atoms with Gasteiger partial charge in [-0.2, -0.15) is 0 Å². The Morgan fingerprint density at radius 3 is 2.72 bits per heavy atom. The molecule has 0 spiro atoms. The summed E-state index contributed by atoms with van der Waals surface area (Å²) in [4.78, 5) is 36.0. The minimum atomic E-state index is -0.188. The predicted molar refractivity (Wildman–Crippen MR) is 112 cm³/mol. The number of hydrogen-bond acceptors (Lipinski definition) is 4. The first-order valence-electron chi connectivity index (χ1n) is 10.5. The van der Waals surface area contributed by atoms with E-state index in [1.165, 1.54) is 0 Å². The molecule has 0 aromatic carbocycles. The molecule has 0 saturated heterocycles. The molecular weight excluding hydrogens is 366 g/mol. The molecule has 0 aliphatic carbocycles. The number of imidazole rings is 1. The molecule has 0 bridgehead atoms. The summed E-state index contributed by atoms with van der Waals surface area (Å²) in [7, 11) is 1.79. The van der Waals surface area contributed by atoms with Gasteiger partial charge in [-0.15, -0.1) is 0 Å². The first-order chi connectivity index (χ1) is 14.0. The zero-order valence-corrected chi connectivity index (χ0v) is 17.6. The van der Waals surface area contributed by atoms with E-state index >= 15 is 0 Å². The molecule has 7 nitrogen and oxygen atoms in total. The summed E-state index contributed by atoms with van der Waals surface area (Å²) in [6.45, 7) is 6.20. The van der Waals surface area contributed by atoms with Crippen LogP contribution in [0.5, 0.6) is 0 Å². The largest absolute Gasteiger partial charge is 0.349 e. The van der Waals surface area contributed by atoms with Gasteiger partial charge in [-0.1, -0.05) is 13.8 Å². The molecular formula is C22H31N5O2. The second-order valence-corrected chi connectivity index (χ2v) is 8.11. The molecule has 156 valence electrons. The summed E-state index contributed by atoms with van der Waals surface area (Å²) in [5.41, 5.74) is 2.46. The number of likely N-dealkylation sites (N-methyl/N-ethyl adjacent to an activating group) is 1. The van der Waals surface area contributed by atoms with Crippen LogP contribution in [0.1, 0.15) is 65.5 Å². The van der Waals surface area contributed by atoms with Crippen molar-refractivity contribution in [3.05, 3.63) is 47.3 Å². The molecule has 1 aliphatic rings. The molecule has 2 amide bonds. The van der Waals surface area contributed by atoms with E-state index in [9.17, 15) is 9.59 Å². The lowest BCUT2D eigenvalue weighted by Gasteiger charge is -2.19. The number of fused-ring (bicyclic) bond motifs is 1. The molecule has 2 aromatic heterocycles. The number of nitrogens with one attached hydrogen (secondary N) is 1. The number of amides is 2. The van der Waals surface area contributed by atoms with Crippen LogP contribution < -0.4 is 5.32 Å². The topological polar surface area (TPSA) is 80.1 Å². The third kappa shape index (κ3) is 5.22. The van der Waals surface area contributed by atoms with Crippen LogP contribution >= 0.6 is 0 Å². The van der Waals surface area contributed by atoms with Crippen LogP contribution in [0, 0.1) is 5.92 Å². The number of carbonyl (C=O) groups excluding carboxylic acids is 2. The highest BCUT2D eigenvalue weighted by Gasteiger charge is 2.28. The van der Waals surface area contributed by atoms with Crippen LogP contribution in [0.4, 0.5) is 0 Å². The van der Waals surface area contributed by atoms with Crippen LogP contribution in [-0.4, -0.2) is 51.4 Å². The van der Waals surface area contributed by atoms with Crippen LogP contribution in [0.2, 0.25) is 0 Å². The van der Waals surface area contributed by atoms with Crippen molar-refractivity contribution < 1.29 is 9.59 Å². The van der Waals surface area contributed by atoms with Gasteiger partial charge in [0.1, 0.15) is 5.69 Å². The zero-order valence-electron chi connectivity index (χ0n) is 17.6. The Hall–Kier alpha value is -2.70. The lowest BCUT2D eigenvalue weighted by atomic mass is 10.1. The Bertz CT molecular complexity index is 844. The van der Waals surface area contributed by atoms with Gasteiger partial charge in [0.2, 0.25) is 0 Å². The van der Waals surface area contributed by atoms with E-state index in [2.05, 4.69) is 29.1 Å². The van der Waals surface area contributed by atoms with Crippen LogP contribution in [0.3, 0.4) is 0 Å². The van der Waals surface area contributed by atoms with Crippen LogP contribution in [0.25, 0.3) is 0 Å². The summed E-state index contributed by atoms with van der Waals surface area (Å²) < 4.78 is 1.94. The van der Waals surface area contributed by atoms with E-state index in [-0.39, 0.29) is 11.8 Å². The minimum absolute atomic E-state index is 0.120. The summed E-state index contributed by atoms with van der Waals surface area (Å²) in [5.74, 6) is 0.586. The monoisotopic (exact) mass is 397 g/mol. The lowest BCUT2D eigenvalue weighted by Crippen LogP contribution is -2.30. The average molecular weight is 398 g/mol. The quantitative estimate of drug-likeness (QED) is 0.743. The van der Waals surface area contributed by atoms with Crippen LogP contribution in [0.15, 0.2) is 24.5 Å². The summed E-state index contributed by atoms with van der Waals surface area (Å²) in [6, 6.07) is 3.91. The van der Waals surface area contributed by atoms with Crippen molar-refractivity contribution in [2.45, 2.75) is 52.5 Å². The van der Waals surface area contributed by atoms with Gasteiger partial charge < -0.3 is 14.8 Å². The second kappa shape index (κ2) is 9.67. The maximum Gasteiger partial charge on any atom is 0.287 e. The predicted octanol–water partition coefficient (Wildman–Crippen LogP) is 2.71. The van der Waals surface area contributed by atoms with Crippen molar-refractivity contribution in [2.24, 2.45) is 5.92 Å². The summed E-state index contributed by atoms with van der Waals surface area (Å²) in [5, 5.41) is 2.96. The maximum atomic E-state index is 13.1. The Labute approximate surface area is 172 Å². The van der Waals surface area contributed by atoms with Crippen molar-refractivity contribution in [1.82, 2.24) is 24.8 Å². The molecule has 3 rings (SSSR count). The van der Waals surface area contributed by atoms with Gasteiger partial charge in [0.05, 0.1) is 5.69 Å². The van der Waals surface area contributed by atoms with Crippen molar-refractivity contribution >= 4 is 11.8 Å². The first-order valence-corrected chi connectivity index (χ1v) is 10.5. The Morgan fingerprint density at radius 2 is 2.00 bits per heavy atom. The molecule has 0 radical (unpaired) electrons. The molecule has 3 heterocycles. The zero-order chi connectivity index (χ0) is 20.8. The summed E-state index contributed by atoms with van der Waals surface area (Å²) >= 11 is 0. The fourth-order valence-electron chi connectivity index (χ4n) is 3.57. The maximum absolute atomic E-state index is 13.1. The fraction of sp³-hybridized carbons (Fsp3) is 0.545. The van der Waals surface area contributed by atoms with Crippen molar-refractivity contribution in [3.63, 3.8) is 0 Å². The van der Waals surface area contributed by atoms with Gasteiger partial charge in [-0.25, -0.2) is 4.98 Å². The second-order valence-electron chi connectivity index (χ2n) is 8.11. The molecule has 1 N–H and O–H groups in total. The van der Waals surface area contributed by atoms with Gasteiger partial charge in [0.15, 0.2) is 5.82 Å². The smallest absolute Gasteiger partial charge is 0.287 e. The summed E-state index contributed by atoms with van der Waals surface area (Å²) in [6.07, 6.45) is 7.99. The average Bonchev–Trinajstić information content (AvgIpc) is 3.11. The molecule has 1 aliphatic heterocycles. The Kier molecular flexibility index (Phi) is 7.01. The molecule has 29 heavy (non-hydrogen) atoms. The molecule has 2 aromatic rings. The van der Waals surface area contributed by atoms with E-state index < -0.39 is 0 Å². The highest BCUT2D eigenvalue weighted by Crippen LogP contribution is 2.22. The number of carbonyl (C=O) groups is 2. The van der Waals surface area contributed by atoms with Crippen molar-refractivity contribution in [3.8, 4) is 0 Å². The lowest BCUT2D eigenvalue weighted by molar-refractivity contribution is 0.0789. The molecule has 0 fully saturated rings. The van der Waals surface area contributed by atoms with Gasteiger partial charge in [0.25, 0.3) is 11.8 Å². The Morgan fingerprint density at radius 1 is 1.24 bits per heavy atom. The number of nitrogens with zero attached hydrogens (tertiary/aromatic N) is 4. The van der Waals surface area contributed by atoms with E-state index in [1.54, 1.807) is 24.3 Å². The normalized spacial score (nSPS) is 13.2. The van der Waals surface area contributed by atoms with E-state index in [4.69, 9.17) is 0 Å². The number of hydrogen-bond donors (Lipinski definition) is 1. The van der Waals surface area contributed by atoms with E-state index in [1.807, 2.05) is 16.7 Å². The third-order valence-corrected chi connectivity index (χ3v) is 5.36. The first kappa shape index (κ1) is 21.0. The van der Waals surface area contributed by atoms with Gasteiger partial charge in [-0.3, -0.25) is 14.6 Å². The van der Waals surface area contributed by atoms with E-state index in [0.29, 0.717) is 30.5 Å². The molecule has 0 atom stereocenters. The van der Waals surface area contributed by atoms with E-state index in [0.717, 1.165) is 49.9 Å². The fourth-order valence-corrected chi connectivity index (χ4v) is 3.57. The highest BCUT2D eigenvalue weighted by molar-refractivity contribution is 5.97. The minimum Gasteiger partial charge on any atom is -0.349 e. The third-order valence-electron chi connectivity index (χ3n) is 5.36. The molecule has 7 heteroatoms. The van der Waals surface area contributed by atoms with Crippen molar-refractivity contribution in [2.75, 3.05) is 20.1 Å². The molecule has 0 saturated carbocycles. The highest BCUT2D eigenvalue weighted by atomic mass is 16.2. The number of rotatable bonds is 8. The van der Waals surface area contributed by atoms with Crippen molar-refractivity contribution in [1.29, 1.82) is 0 Å².